The lowest BCUT2D eigenvalue weighted by Crippen LogP contribution is -2.31. The van der Waals surface area contributed by atoms with Crippen LogP contribution >= 0.6 is 0 Å². The fraction of sp³-hybridized carbons (Fsp3) is 0.625. The zero-order valence-corrected chi connectivity index (χ0v) is 13.0. The van der Waals surface area contributed by atoms with Gasteiger partial charge in [-0.25, -0.2) is 0 Å². The van der Waals surface area contributed by atoms with Crippen molar-refractivity contribution in [1.29, 1.82) is 0 Å². The highest BCUT2D eigenvalue weighted by Gasteiger charge is 2.30. The molecule has 0 amide bonds. The zero-order chi connectivity index (χ0) is 14.2. The monoisotopic (exact) mass is 262 g/mol. The van der Waals surface area contributed by atoms with E-state index in [-0.39, 0.29) is 5.54 Å². The number of nitrogens with one attached hydrogen (secondary N) is 2. The van der Waals surface area contributed by atoms with Gasteiger partial charge in [-0.1, -0.05) is 0 Å². The van der Waals surface area contributed by atoms with Gasteiger partial charge in [0.2, 0.25) is 0 Å². The molecule has 3 heteroatoms. The molecule has 106 valence electrons. The maximum absolute atomic E-state index is 5.47. The fourth-order valence-electron chi connectivity index (χ4n) is 3.00. The minimum Gasteiger partial charge on any atom is -0.496 e. The number of anilines is 1. The van der Waals surface area contributed by atoms with Gasteiger partial charge < -0.3 is 15.4 Å². The summed E-state index contributed by atoms with van der Waals surface area (Å²) in [6, 6.07) is 2.70. The Balaban J connectivity index is 2.22. The highest BCUT2D eigenvalue weighted by Crippen LogP contribution is 2.32. The van der Waals surface area contributed by atoms with Gasteiger partial charge in [-0.2, -0.15) is 0 Å². The van der Waals surface area contributed by atoms with Crippen LogP contribution in [0, 0.1) is 20.8 Å². The number of aryl methyl sites for hydroxylation is 1. The molecule has 0 radical (unpaired) electrons. The van der Waals surface area contributed by atoms with Crippen LogP contribution in [-0.2, 0) is 0 Å². The standard InChI is InChI=1S/C16H26N2O/c1-10-7-14(11(2)12(3)15(10)19-6)18-13-8-16(4,5)17-9-13/h7,13,17-18H,8-9H2,1-6H3. The van der Waals surface area contributed by atoms with Gasteiger partial charge in [0.25, 0.3) is 0 Å². The molecule has 2 N–H and O–H groups in total. The summed E-state index contributed by atoms with van der Waals surface area (Å²) in [4.78, 5) is 0. The topological polar surface area (TPSA) is 33.3 Å². The molecular weight excluding hydrogens is 236 g/mol. The number of benzene rings is 1. The van der Waals surface area contributed by atoms with E-state index in [0.29, 0.717) is 6.04 Å². The lowest BCUT2D eigenvalue weighted by molar-refractivity contribution is 0.408. The fourth-order valence-corrected chi connectivity index (χ4v) is 3.00. The second-order valence-electron chi connectivity index (χ2n) is 6.33. The third-order valence-corrected chi connectivity index (χ3v) is 4.17. The van der Waals surface area contributed by atoms with E-state index in [1.807, 2.05) is 0 Å². The summed E-state index contributed by atoms with van der Waals surface area (Å²) >= 11 is 0. The van der Waals surface area contributed by atoms with Crippen molar-refractivity contribution in [2.45, 2.75) is 52.6 Å². The number of hydrogen-bond acceptors (Lipinski definition) is 3. The Morgan fingerprint density at radius 1 is 1.26 bits per heavy atom. The summed E-state index contributed by atoms with van der Waals surface area (Å²) in [7, 11) is 1.74. The van der Waals surface area contributed by atoms with Crippen LogP contribution in [0.1, 0.15) is 37.0 Å². The summed E-state index contributed by atoms with van der Waals surface area (Å²) in [5, 5.41) is 7.23. The second kappa shape index (κ2) is 5.04. The molecular formula is C16H26N2O. The van der Waals surface area contributed by atoms with E-state index in [2.05, 4.69) is 51.3 Å². The maximum Gasteiger partial charge on any atom is 0.125 e. The third-order valence-electron chi connectivity index (χ3n) is 4.17. The molecule has 0 spiro atoms. The van der Waals surface area contributed by atoms with Crippen LogP contribution in [-0.4, -0.2) is 25.2 Å². The highest BCUT2D eigenvalue weighted by atomic mass is 16.5. The molecule has 1 aromatic rings. The Morgan fingerprint density at radius 2 is 1.95 bits per heavy atom. The molecule has 0 aromatic heterocycles. The molecule has 0 aliphatic carbocycles. The predicted octanol–water partition coefficient (Wildman–Crippen LogP) is 3.17. The van der Waals surface area contributed by atoms with Gasteiger partial charge in [-0.3, -0.25) is 0 Å². The third kappa shape index (κ3) is 2.86. The van der Waals surface area contributed by atoms with Gasteiger partial charge in [0.05, 0.1) is 7.11 Å². The van der Waals surface area contributed by atoms with Crippen LogP contribution < -0.4 is 15.4 Å². The SMILES string of the molecule is COc1c(C)cc(NC2CNC(C)(C)C2)c(C)c1C. The minimum absolute atomic E-state index is 0.238. The van der Waals surface area contributed by atoms with Crippen molar-refractivity contribution in [2.75, 3.05) is 19.0 Å². The van der Waals surface area contributed by atoms with Crippen molar-refractivity contribution in [3.8, 4) is 5.75 Å². The molecule has 1 saturated heterocycles. The van der Waals surface area contributed by atoms with Crippen molar-refractivity contribution in [2.24, 2.45) is 0 Å². The predicted molar refractivity (Wildman–Crippen MR) is 81.3 cm³/mol. The molecule has 3 nitrogen and oxygen atoms in total. The van der Waals surface area contributed by atoms with Crippen LogP contribution in [0.3, 0.4) is 0 Å². The van der Waals surface area contributed by atoms with E-state index in [0.717, 1.165) is 18.7 Å². The van der Waals surface area contributed by atoms with E-state index < -0.39 is 0 Å². The normalized spacial score (nSPS) is 21.5. The molecule has 2 rings (SSSR count). The molecule has 1 aromatic carbocycles. The average molecular weight is 262 g/mol. The Morgan fingerprint density at radius 3 is 2.47 bits per heavy atom. The smallest absolute Gasteiger partial charge is 0.125 e. The van der Waals surface area contributed by atoms with E-state index in [9.17, 15) is 0 Å². The Bertz CT molecular complexity index is 480. The first-order chi connectivity index (χ1) is 8.84. The van der Waals surface area contributed by atoms with E-state index in [1.54, 1.807) is 7.11 Å². The average Bonchev–Trinajstić information content (AvgIpc) is 2.66. The molecule has 19 heavy (non-hydrogen) atoms. The summed E-state index contributed by atoms with van der Waals surface area (Å²) in [6.07, 6.45) is 1.15. The van der Waals surface area contributed by atoms with E-state index in [4.69, 9.17) is 4.74 Å². The van der Waals surface area contributed by atoms with Crippen molar-refractivity contribution >= 4 is 5.69 Å². The van der Waals surface area contributed by atoms with Crippen molar-refractivity contribution in [3.05, 3.63) is 22.8 Å². The molecule has 1 aliphatic heterocycles. The van der Waals surface area contributed by atoms with Gasteiger partial charge in [0.15, 0.2) is 0 Å². The first-order valence-electron chi connectivity index (χ1n) is 7.00. The van der Waals surface area contributed by atoms with Crippen LogP contribution in [0.4, 0.5) is 5.69 Å². The van der Waals surface area contributed by atoms with E-state index >= 15 is 0 Å². The summed E-state index contributed by atoms with van der Waals surface area (Å²) < 4.78 is 5.47. The number of hydrogen-bond donors (Lipinski definition) is 2. The van der Waals surface area contributed by atoms with Crippen molar-refractivity contribution in [3.63, 3.8) is 0 Å². The van der Waals surface area contributed by atoms with Crippen LogP contribution in [0.15, 0.2) is 6.07 Å². The zero-order valence-electron chi connectivity index (χ0n) is 13.0. The first kappa shape index (κ1) is 14.2. The van der Waals surface area contributed by atoms with Crippen LogP contribution in [0.25, 0.3) is 0 Å². The largest absolute Gasteiger partial charge is 0.496 e. The lowest BCUT2D eigenvalue weighted by Gasteiger charge is -2.21. The van der Waals surface area contributed by atoms with Crippen molar-refractivity contribution < 1.29 is 4.74 Å². The van der Waals surface area contributed by atoms with Crippen molar-refractivity contribution in [1.82, 2.24) is 5.32 Å². The minimum atomic E-state index is 0.238. The van der Waals surface area contributed by atoms with Gasteiger partial charge >= 0.3 is 0 Å². The lowest BCUT2D eigenvalue weighted by atomic mass is 9.99. The molecule has 1 unspecified atom stereocenters. The number of methoxy groups -OCH3 is 1. The van der Waals surface area contributed by atoms with Crippen LogP contribution in [0.2, 0.25) is 0 Å². The second-order valence-corrected chi connectivity index (χ2v) is 6.33. The summed E-state index contributed by atoms with van der Waals surface area (Å²) in [6.45, 7) is 11.9. The summed E-state index contributed by atoms with van der Waals surface area (Å²) in [5.41, 5.74) is 5.18. The molecule has 1 heterocycles. The van der Waals surface area contributed by atoms with Gasteiger partial charge in [-0.15, -0.1) is 0 Å². The highest BCUT2D eigenvalue weighted by molar-refractivity contribution is 5.62. The number of ether oxygens (including phenoxy) is 1. The van der Waals surface area contributed by atoms with Gasteiger partial charge in [0.1, 0.15) is 5.75 Å². The molecule has 0 saturated carbocycles. The van der Waals surface area contributed by atoms with Crippen LogP contribution in [0.5, 0.6) is 5.75 Å². The molecule has 0 bridgehead atoms. The molecule has 1 atom stereocenters. The molecule has 1 aliphatic rings. The quantitative estimate of drug-likeness (QED) is 0.878. The van der Waals surface area contributed by atoms with Gasteiger partial charge in [-0.05, 0) is 63.8 Å². The van der Waals surface area contributed by atoms with E-state index in [1.165, 1.54) is 22.4 Å². The Kier molecular flexibility index (Phi) is 3.77. The van der Waals surface area contributed by atoms with Gasteiger partial charge in [0, 0.05) is 23.8 Å². The Labute approximate surface area is 116 Å². The maximum atomic E-state index is 5.47. The molecule has 1 fully saturated rings. The Hall–Kier alpha value is -1.22. The first-order valence-corrected chi connectivity index (χ1v) is 7.00. The number of rotatable bonds is 3. The summed E-state index contributed by atoms with van der Waals surface area (Å²) in [5.74, 6) is 1.01.